The highest BCUT2D eigenvalue weighted by atomic mass is 19.1. The van der Waals surface area contributed by atoms with Gasteiger partial charge in [-0.2, -0.15) is 0 Å². The van der Waals surface area contributed by atoms with Crippen LogP contribution in [0.25, 0.3) is 0 Å². The quantitative estimate of drug-likeness (QED) is 0.847. The highest BCUT2D eigenvalue weighted by Gasteiger charge is 2.29. The van der Waals surface area contributed by atoms with Crippen molar-refractivity contribution in [3.8, 4) is 5.75 Å². The van der Waals surface area contributed by atoms with Crippen molar-refractivity contribution >= 4 is 0 Å². The summed E-state index contributed by atoms with van der Waals surface area (Å²) in [7, 11) is 0. The van der Waals surface area contributed by atoms with Gasteiger partial charge in [0.2, 0.25) is 0 Å². The predicted molar refractivity (Wildman–Crippen MR) is 76.7 cm³/mol. The molecule has 0 N–H and O–H groups in total. The highest BCUT2D eigenvalue weighted by Crippen LogP contribution is 2.23. The van der Waals surface area contributed by atoms with Gasteiger partial charge in [-0.1, -0.05) is 31.1 Å². The van der Waals surface area contributed by atoms with E-state index in [0.29, 0.717) is 11.7 Å². The van der Waals surface area contributed by atoms with E-state index < -0.39 is 0 Å². The van der Waals surface area contributed by atoms with Gasteiger partial charge in [0.1, 0.15) is 11.9 Å². The molecule has 0 radical (unpaired) electrons. The lowest BCUT2D eigenvalue weighted by molar-refractivity contribution is 0.0111. The largest absolute Gasteiger partial charge is 0.485 e. The van der Waals surface area contributed by atoms with Gasteiger partial charge >= 0.3 is 0 Å². The van der Waals surface area contributed by atoms with E-state index in [9.17, 15) is 4.39 Å². The lowest BCUT2D eigenvalue weighted by Gasteiger charge is -2.38. The van der Waals surface area contributed by atoms with Gasteiger partial charge in [0.15, 0.2) is 11.6 Å². The third kappa shape index (κ3) is 3.24. The first-order chi connectivity index (χ1) is 10.1. The predicted octanol–water partition coefficient (Wildman–Crippen LogP) is 3.20. The lowest BCUT2D eigenvalue weighted by atomic mass is 10.1. The average Bonchev–Trinajstić information content (AvgIpc) is 2.87. The molecule has 2 heterocycles. The molecule has 0 bridgehead atoms. The van der Waals surface area contributed by atoms with Crippen molar-refractivity contribution in [1.29, 1.82) is 0 Å². The lowest BCUT2D eigenvalue weighted by Crippen LogP contribution is -2.53. The van der Waals surface area contributed by atoms with Crippen LogP contribution in [-0.2, 0) is 6.54 Å². The maximum atomic E-state index is 13.5. The van der Waals surface area contributed by atoms with Gasteiger partial charge in [-0.05, 0) is 12.1 Å². The van der Waals surface area contributed by atoms with Gasteiger partial charge in [-0.25, -0.2) is 4.39 Å². The van der Waals surface area contributed by atoms with Crippen LogP contribution in [0, 0.1) is 5.82 Å². The first kappa shape index (κ1) is 14.1. The van der Waals surface area contributed by atoms with E-state index in [4.69, 9.17) is 9.26 Å². The minimum absolute atomic E-state index is 0.0402. The van der Waals surface area contributed by atoms with Gasteiger partial charge in [0.25, 0.3) is 0 Å². The minimum atomic E-state index is -0.311. The fourth-order valence-corrected chi connectivity index (χ4v) is 2.35. The summed E-state index contributed by atoms with van der Waals surface area (Å²) in [6.45, 7) is 6.45. The Balaban J connectivity index is 1.48. The van der Waals surface area contributed by atoms with Crippen LogP contribution in [0.2, 0.25) is 0 Å². The number of rotatable bonds is 5. The summed E-state index contributed by atoms with van der Waals surface area (Å²) in [5.41, 5.74) is 0.933. The molecule has 4 nitrogen and oxygen atoms in total. The fraction of sp³-hybridized carbons (Fsp3) is 0.438. The number of nitrogens with zero attached hydrogens (tertiary/aromatic N) is 2. The molecule has 0 atom stereocenters. The van der Waals surface area contributed by atoms with Crippen LogP contribution in [0.15, 0.2) is 34.9 Å². The van der Waals surface area contributed by atoms with Crippen molar-refractivity contribution < 1.29 is 13.7 Å². The Bertz CT molecular complexity index is 606. The topological polar surface area (TPSA) is 38.5 Å². The van der Waals surface area contributed by atoms with E-state index in [-0.39, 0.29) is 11.9 Å². The first-order valence-electron chi connectivity index (χ1n) is 7.21. The van der Waals surface area contributed by atoms with Crippen molar-refractivity contribution in [3.63, 3.8) is 0 Å². The molecule has 0 unspecified atom stereocenters. The number of ether oxygens (including phenoxy) is 1. The zero-order valence-electron chi connectivity index (χ0n) is 12.3. The van der Waals surface area contributed by atoms with Crippen LogP contribution < -0.4 is 4.74 Å². The van der Waals surface area contributed by atoms with E-state index in [1.54, 1.807) is 18.2 Å². The molecule has 112 valence electrons. The number of halogens is 1. The normalized spacial score (nSPS) is 16.2. The van der Waals surface area contributed by atoms with E-state index >= 15 is 0 Å². The van der Waals surface area contributed by atoms with Crippen molar-refractivity contribution in [2.45, 2.75) is 32.4 Å². The third-order valence-corrected chi connectivity index (χ3v) is 3.59. The summed E-state index contributed by atoms with van der Waals surface area (Å²) >= 11 is 0. The van der Waals surface area contributed by atoms with Crippen LogP contribution in [0.5, 0.6) is 5.75 Å². The number of para-hydroxylation sites is 1. The molecular formula is C16H19FN2O2. The third-order valence-electron chi connectivity index (χ3n) is 3.59. The maximum absolute atomic E-state index is 13.5. The highest BCUT2D eigenvalue weighted by molar-refractivity contribution is 5.24. The number of aromatic nitrogens is 1. The molecule has 1 aliphatic rings. The van der Waals surface area contributed by atoms with E-state index in [2.05, 4.69) is 23.9 Å². The van der Waals surface area contributed by atoms with Gasteiger partial charge in [0, 0.05) is 31.6 Å². The summed E-state index contributed by atoms with van der Waals surface area (Å²) in [4.78, 5) is 2.20. The van der Waals surface area contributed by atoms with Crippen molar-refractivity contribution in [2.24, 2.45) is 0 Å². The molecule has 5 heteroatoms. The molecule has 2 aromatic rings. The Morgan fingerprint density at radius 2 is 2.14 bits per heavy atom. The minimum Gasteiger partial charge on any atom is -0.485 e. The number of likely N-dealkylation sites (tertiary alicyclic amines) is 1. The fourth-order valence-electron chi connectivity index (χ4n) is 2.35. The summed E-state index contributed by atoms with van der Waals surface area (Å²) < 4.78 is 24.4. The summed E-state index contributed by atoms with van der Waals surface area (Å²) in [6.07, 6.45) is 0.0402. The smallest absolute Gasteiger partial charge is 0.165 e. The first-order valence-corrected chi connectivity index (χ1v) is 7.21. The van der Waals surface area contributed by atoms with Crippen molar-refractivity contribution in [3.05, 3.63) is 47.6 Å². The summed E-state index contributed by atoms with van der Waals surface area (Å²) in [5, 5.41) is 4.06. The van der Waals surface area contributed by atoms with Gasteiger partial charge in [0.05, 0.1) is 5.69 Å². The second-order valence-corrected chi connectivity index (χ2v) is 5.74. The van der Waals surface area contributed by atoms with Crippen LogP contribution in [0.3, 0.4) is 0 Å². The molecular weight excluding hydrogens is 271 g/mol. The van der Waals surface area contributed by atoms with E-state index in [0.717, 1.165) is 31.1 Å². The standard InChI is InChI=1S/C16H19FN2O2/c1-11(2)16-7-12(18-21-16)8-19-9-13(10-19)20-15-6-4-3-5-14(15)17/h3-7,11,13H,8-10H2,1-2H3. The second kappa shape index (κ2) is 5.85. The monoisotopic (exact) mass is 290 g/mol. The SMILES string of the molecule is CC(C)c1cc(CN2CC(Oc3ccccc3F)C2)no1. The second-order valence-electron chi connectivity index (χ2n) is 5.74. The number of hydrogen-bond donors (Lipinski definition) is 0. The summed E-state index contributed by atoms with van der Waals surface area (Å²) in [5.74, 6) is 1.27. The Hall–Kier alpha value is -1.88. The van der Waals surface area contributed by atoms with Gasteiger partial charge < -0.3 is 9.26 Å². The van der Waals surface area contributed by atoms with Gasteiger partial charge in [-0.15, -0.1) is 0 Å². The number of benzene rings is 1. The van der Waals surface area contributed by atoms with Crippen molar-refractivity contribution in [1.82, 2.24) is 10.1 Å². The number of hydrogen-bond acceptors (Lipinski definition) is 4. The molecule has 21 heavy (non-hydrogen) atoms. The zero-order chi connectivity index (χ0) is 14.8. The van der Waals surface area contributed by atoms with Crippen molar-refractivity contribution in [2.75, 3.05) is 13.1 Å². The van der Waals surface area contributed by atoms with Crippen LogP contribution in [0.4, 0.5) is 4.39 Å². The molecule has 1 aromatic carbocycles. The Kier molecular flexibility index (Phi) is 3.92. The maximum Gasteiger partial charge on any atom is 0.165 e. The van der Waals surface area contributed by atoms with E-state index in [1.807, 2.05) is 6.07 Å². The summed E-state index contributed by atoms with van der Waals surface area (Å²) in [6, 6.07) is 8.50. The zero-order valence-corrected chi connectivity index (χ0v) is 12.3. The average molecular weight is 290 g/mol. The molecule has 1 aliphatic heterocycles. The Morgan fingerprint density at radius 1 is 1.38 bits per heavy atom. The molecule has 0 amide bonds. The molecule has 3 rings (SSSR count). The molecule has 1 aromatic heterocycles. The Labute approximate surface area is 123 Å². The molecule has 0 aliphatic carbocycles. The molecule has 0 saturated carbocycles. The Morgan fingerprint density at radius 3 is 2.81 bits per heavy atom. The molecule has 1 fully saturated rings. The molecule has 1 saturated heterocycles. The van der Waals surface area contributed by atoms with Gasteiger partial charge in [-0.3, -0.25) is 4.90 Å². The van der Waals surface area contributed by atoms with E-state index in [1.165, 1.54) is 6.07 Å². The van der Waals surface area contributed by atoms with Crippen LogP contribution in [0.1, 0.15) is 31.2 Å². The van der Waals surface area contributed by atoms with Crippen LogP contribution >= 0.6 is 0 Å². The molecule has 0 spiro atoms. The van der Waals surface area contributed by atoms with Crippen LogP contribution in [-0.4, -0.2) is 29.3 Å².